The van der Waals surface area contributed by atoms with Gasteiger partial charge in [0.25, 0.3) is 0 Å². The average Bonchev–Trinajstić information content (AvgIpc) is 2.62. The predicted octanol–water partition coefficient (Wildman–Crippen LogP) is 4.19. The molecule has 126 valence electrons. The zero-order chi connectivity index (χ0) is 16.9. The number of benzene rings is 1. The van der Waals surface area contributed by atoms with Crippen LogP contribution in [0, 0.1) is 0 Å². The monoisotopic (exact) mass is 324 g/mol. The number of Topliss-reactive ketones (excluding diaryl/α,β-unsaturated/α-hetero) is 1. The Labute approximate surface area is 143 Å². The number of hydrogen-bond acceptors (Lipinski definition) is 5. The Balaban J connectivity index is 1.76. The molecule has 1 unspecified atom stereocenters. The molecule has 1 aromatic heterocycles. The predicted molar refractivity (Wildman–Crippen MR) is 97.0 cm³/mol. The maximum Gasteiger partial charge on any atom is 0.229 e. The zero-order valence-corrected chi connectivity index (χ0v) is 14.3. The van der Waals surface area contributed by atoms with E-state index < -0.39 is 0 Å². The molecule has 1 aliphatic heterocycles. The third-order valence-corrected chi connectivity index (χ3v) is 4.58. The van der Waals surface area contributed by atoms with Crippen LogP contribution in [-0.2, 0) is 0 Å². The number of ketones is 1. The minimum atomic E-state index is 0.0653. The lowest BCUT2D eigenvalue weighted by Gasteiger charge is -2.36. The highest BCUT2D eigenvalue weighted by Crippen LogP contribution is 2.25. The van der Waals surface area contributed by atoms with Crippen molar-refractivity contribution in [1.29, 1.82) is 0 Å². The molecule has 0 spiro atoms. The van der Waals surface area contributed by atoms with Crippen LogP contribution in [0.3, 0.4) is 0 Å². The van der Waals surface area contributed by atoms with Crippen LogP contribution in [0.15, 0.2) is 36.5 Å². The van der Waals surface area contributed by atoms with Gasteiger partial charge in [-0.2, -0.15) is 4.98 Å². The van der Waals surface area contributed by atoms with E-state index in [1.54, 1.807) is 13.1 Å². The maximum atomic E-state index is 11.3. The summed E-state index contributed by atoms with van der Waals surface area (Å²) in [6.07, 6.45) is 6.69. The molecule has 5 heteroatoms. The summed E-state index contributed by atoms with van der Waals surface area (Å²) < 4.78 is 0. The van der Waals surface area contributed by atoms with E-state index >= 15 is 0 Å². The van der Waals surface area contributed by atoms with Crippen LogP contribution in [0.4, 0.5) is 17.5 Å². The molecule has 1 aliphatic rings. The van der Waals surface area contributed by atoms with E-state index in [-0.39, 0.29) is 5.78 Å². The van der Waals surface area contributed by atoms with Crippen LogP contribution in [0.1, 0.15) is 49.9 Å². The summed E-state index contributed by atoms with van der Waals surface area (Å²) in [6.45, 7) is 4.86. The Morgan fingerprint density at radius 2 is 2.04 bits per heavy atom. The van der Waals surface area contributed by atoms with E-state index in [2.05, 4.69) is 27.1 Å². The molecule has 1 atom stereocenters. The third kappa shape index (κ3) is 3.72. The summed E-state index contributed by atoms with van der Waals surface area (Å²) >= 11 is 0. The number of piperidine rings is 1. The van der Waals surface area contributed by atoms with Crippen molar-refractivity contribution < 1.29 is 4.79 Å². The van der Waals surface area contributed by atoms with Crippen LogP contribution in [0.25, 0.3) is 0 Å². The minimum absolute atomic E-state index is 0.0653. The van der Waals surface area contributed by atoms with Gasteiger partial charge in [-0.1, -0.05) is 6.92 Å². The molecule has 2 aromatic rings. The minimum Gasteiger partial charge on any atom is -0.353 e. The lowest BCUT2D eigenvalue weighted by Crippen LogP contribution is -2.39. The van der Waals surface area contributed by atoms with Crippen LogP contribution in [-0.4, -0.2) is 28.3 Å². The van der Waals surface area contributed by atoms with Gasteiger partial charge in [-0.05, 0) is 62.9 Å². The SMILES string of the molecule is CCC1CCCCN1c1ccnc(Nc2ccc(C(C)=O)cc2)n1. The Morgan fingerprint density at radius 1 is 1.25 bits per heavy atom. The van der Waals surface area contributed by atoms with Crippen LogP contribution in [0.5, 0.6) is 0 Å². The van der Waals surface area contributed by atoms with Crippen molar-refractivity contribution in [2.75, 3.05) is 16.8 Å². The molecule has 1 N–H and O–H groups in total. The van der Waals surface area contributed by atoms with Gasteiger partial charge < -0.3 is 10.2 Å². The molecule has 0 aliphatic carbocycles. The van der Waals surface area contributed by atoms with E-state index in [0.717, 1.165) is 24.5 Å². The van der Waals surface area contributed by atoms with Gasteiger partial charge in [-0.25, -0.2) is 4.98 Å². The highest BCUT2D eigenvalue weighted by Gasteiger charge is 2.22. The number of anilines is 3. The topological polar surface area (TPSA) is 58.1 Å². The molecule has 2 heterocycles. The second-order valence-electron chi connectivity index (χ2n) is 6.25. The fraction of sp³-hybridized carbons (Fsp3) is 0.421. The van der Waals surface area contributed by atoms with Crippen molar-refractivity contribution >= 4 is 23.2 Å². The molecule has 0 saturated carbocycles. The maximum absolute atomic E-state index is 11.3. The molecule has 0 bridgehead atoms. The molecule has 3 rings (SSSR count). The Kier molecular flexibility index (Phi) is 5.08. The zero-order valence-electron chi connectivity index (χ0n) is 14.3. The second-order valence-corrected chi connectivity index (χ2v) is 6.25. The van der Waals surface area contributed by atoms with Crippen molar-refractivity contribution in [3.8, 4) is 0 Å². The first-order chi connectivity index (χ1) is 11.7. The van der Waals surface area contributed by atoms with Gasteiger partial charge in [-0.3, -0.25) is 4.79 Å². The lowest BCUT2D eigenvalue weighted by molar-refractivity contribution is 0.101. The summed E-state index contributed by atoms with van der Waals surface area (Å²) in [6, 6.07) is 9.93. The molecular formula is C19H24N4O. The van der Waals surface area contributed by atoms with E-state index in [9.17, 15) is 4.79 Å². The Bertz CT molecular complexity index is 699. The fourth-order valence-corrected chi connectivity index (χ4v) is 3.21. The fourth-order valence-electron chi connectivity index (χ4n) is 3.21. The molecule has 1 fully saturated rings. The van der Waals surface area contributed by atoms with Crippen molar-refractivity contribution in [3.05, 3.63) is 42.1 Å². The molecule has 1 aromatic carbocycles. The lowest BCUT2D eigenvalue weighted by atomic mass is 10.0. The average molecular weight is 324 g/mol. The first-order valence-electron chi connectivity index (χ1n) is 8.65. The number of rotatable bonds is 5. The number of carbonyl (C=O) groups is 1. The van der Waals surface area contributed by atoms with Gasteiger partial charge in [0.2, 0.25) is 5.95 Å². The van der Waals surface area contributed by atoms with Crippen LogP contribution < -0.4 is 10.2 Å². The molecule has 0 radical (unpaired) electrons. The Hall–Kier alpha value is -2.43. The van der Waals surface area contributed by atoms with Gasteiger partial charge in [0.15, 0.2) is 5.78 Å². The number of carbonyl (C=O) groups excluding carboxylic acids is 1. The van der Waals surface area contributed by atoms with Gasteiger partial charge in [0, 0.05) is 30.0 Å². The second kappa shape index (κ2) is 7.43. The summed E-state index contributed by atoms with van der Waals surface area (Å²) in [5.41, 5.74) is 1.58. The smallest absolute Gasteiger partial charge is 0.229 e. The van der Waals surface area contributed by atoms with Crippen molar-refractivity contribution in [3.63, 3.8) is 0 Å². The summed E-state index contributed by atoms with van der Waals surface area (Å²) in [5.74, 6) is 1.64. The number of nitrogens with zero attached hydrogens (tertiary/aromatic N) is 3. The number of nitrogens with one attached hydrogen (secondary N) is 1. The van der Waals surface area contributed by atoms with Crippen molar-refractivity contribution in [2.24, 2.45) is 0 Å². The van der Waals surface area contributed by atoms with Gasteiger partial charge in [0.1, 0.15) is 5.82 Å². The summed E-state index contributed by atoms with van der Waals surface area (Å²) in [5, 5.41) is 3.22. The molecule has 24 heavy (non-hydrogen) atoms. The van der Waals surface area contributed by atoms with Crippen molar-refractivity contribution in [2.45, 2.75) is 45.6 Å². The highest BCUT2D eigenvalue weighted by molar-refractivity contribution is 5.94. The number of hydrogen-bond donors (Lipinski definition) is 1. The van der Waals surface area contributed by atoms with E-state index in [1.165, 1.54) is 19.3 Å². The normalized spacial score (nSPS) is 17.6. The first kappa shape index (κ1) is 16.4. The summed E-state index contributed by atoms with van der Waals surface area (Å²) in [7, 11) is 0. The summed E-state index contributed by atoms with van der Waals surface area (Å²) in [4.78, 5) is 22.7. The van der Waals surface area contributed by atoms with Gasteiger partial charge in [0.05, 0.1) is 0 Å². The Morgan fingerprint density at radius 3 is 2.75 bits per heavy atom. The molecule has 0 amide bonds. The quantitative estimate of drug-likeness (QED) is 0.836. The van der Waals surface area contributed by atoms with E-state index in [0.29, 0.717) is 17.6 Å². The highest BCUT2D eigenvalue weighted by atomic mass is 16.1. The van der Waals surface area contributed by atoms with Gasteiger partial charge >= 0.3 is 0 Å². The molecular weight excluding hydrogens is 300 g/mol. The number of aromatic nitrogens is 2. The van der Waals surface area contributed by atoms with Gasteiger partial charge in [-0.15, -0.1) is 0 Å². The molecule has 5 nitrogen and oxygen atoms in total. The third-order valence-electron chi connectivity index (χ3n) is 4.58. The van der Waals surface area contributed by atoms with E-state index in [1.807, 2.05) is 30.3 Å². The van der Waals surface area contributed by atoms with Crippen LogP contribution >= 0.6 is 0 Å². The largest absolute Gasteiger partial charge is 0.353 e. The van der Waals surface area contributed by atoms with Crippen molar-refractivity contribution in [1.82, 2.24) is 9.97 Å². The van der Waals surface area contributed by atoms with Crippen LogP contribution in [0.2, 0.25) is 0 Å². The first-order valence-corrected chi connectivity index (χ1v) is 8.65. The van der Waals surface area contributed by atoms with E-state index in [4.69, 9.17) is 0 Å². The standard InChI is InChI=1S/C19H24N4O/c1-3-17-6-4-5-13-23(17)18-11-12-20-19(22-18)21-16-9-7-15(8-10-16)14(2)24/h7-12,17H,3-6,13H2,1-2H3,(H,20,21,22). The molecule has 1 saturated heterocycles.